The number of rotatable bonds is 2. The lowest BCUT2D eigenvalue weighted by atomic mass is 9.81. The van der Waals surface area contributed by atoms with Crippen LogP contribution in [0.3, 0.4) is 0 Å². The number of hydrogen-bond donors (Lipinski definition) is 3. The van der Waals surface area contributed by atoms with Crippen LogP contribution in [0, 0.1) is 5.41 Å². The van der Waals surface area contributed by atoms with Crippen molar-refractivity contribution < 1.29 is 0 Å². The topological polar surface area (TPSA) is 82.7 Å². The number of aromatic nitrogens is 3. The molecule has 2 rings (SSSR count). The van der Waals surface area contributed by atoms with E-state index in [0.717, 1.165) is 25.9 Å². The highest BCUT2D eigenvalue weighted by Gasteiger charge is 2.28. The summed E-state index contributed by atoms with van der Waals surface area (Å²) in [5.74, 6) is 0. The molecular weight excluding hydrogens is 196 g/mol. The quantitative estimate of drug-likeness (QED) is 0.603. The molecule has 2 heterocycles. The summed E-state index contributed by atoms with van der Waals surface area (Å²) in [6, 6.07) is 0. The van der Waals surface area contributed by atoms with E-state index in [4.69, 9.17) is 0 Å². The van der Waals surface area contributed by atoms with Crippen molar-refractivity contribution in [3.63, 3.8) is 0 Å². The van der Waals surface area contributed by atoms with Gasteiger partial charge in [0.1, 0.15) is 0 Å². The molecule has 0 aliphatic carbocycles. The van der Waals surface area contributed by atoms with Gasteiger partial charge in [0.05, 0.1) is 0 Å². The summed E-state index contributed by atoms with van der Waals surface area (Å²) >= 11 is 0. The summed E-state index contributed by atoms with van der Waals surface area (Å²) in [5, 5.41) is 7.86. The standard InChI is InChI=1S/C9H16N4O2/c1-9(2-4-10-5-3-9)6-13-7(14)11-12-8(13)15/h10H,2-6H2,1H3,(H,11,14)(H,12,15). The first-order valence-electron chi connectivity index (χ1n) is 5.19. The highest BCUT2D eigenvalue weighted by Crippen LogP contribution is 2.28. The highest BCUT2D eigenvalue weighted by molar-refractivity contribution is 4.82. The van der Waals surface area contributed by atoms with Crippen LogP contribution in [0.4, 0.5) is 0 Å². The van der Waals surface area contributed by atoms with Crippen LogP contribution < -0.4 is 16.7 Å². The molecule has 1 aliphatic heterocycles. The maximum Gasteiger partial charge on any atom is 0.344 e. The molecule has 15 heavy (non-hydrogen) atoms. The average molecular weight is 212 g/mol. The van der Waals surface area contributed by atoms with E-state index in [1.807, 2.05) is 0 Å². The van der Waals surface area contributed by atoms with E-state index in [2.05, 4.69) is 22.4 Å². The second kappa shape index (κ2) is 3.69. The van der Waals surface area contributed by atoms with Gasteiger partial charge in [-0.2, -0.15) is 0 Å². The molecule has 0 radical (unpaired) electrons. The van der Waals surface area contributed by atoms with Crippen molar-refractivity contribution >= 4 is 0 Å². The third-order valence-corrected chi connectivity index (χ3v) is 3.12. The molecule has 0 amide bonds. The maximum atomic E-state index is 11.3. The first-order chi connectivity index (χ1) is 7.11. The predicted molar refractivity (Wildman–Crippen MR) is 55.9 cm³/mol. The third kappa shape index (κ3) is 2.04. The second-order valence-electron chi connectivity index (χ2n) is 4.51. The third-order valence-electron chi connectivity index (χ3n) is 3.12. The molecule has 0 bridgehead atoms. The fourth-order valence-corrected chi connectivity index (χ4v) is 2.05. The molecular formula is C9H16N4O2. The molecule has 84 valence electrons. The molecule has 1 aliphatic rings. The molecule has 1 aromatic rings. The van der Waals surface area contributed by atoms with Gasteiger partial charge >= 0.3 is 11.4 Å². The number of nitrogens with zero attached hydrogens (tertiary/aromatic N) is 1. The SMILES string of the molecule is CC1(Cn2c(=O)[nH][nH]c2=O)CCNCC1. The molecule has 0 spiro atoms. The van der Waals surface area contributed by atoms with Crippen molar-refractivity contribution in [1.29, 1.82) is 0 Å². The zero-order chi connectivity index (χ0) is 10.9. The molecule has 6 nitrogen and oxygen atoms in total. The molecule has 0 unspecified atom stereocenters. The van der Waals surface area contributed by atoms with Crippen molar-refractivity contribution in [3.8, 4) is 0 Å². The van der Waals surface area contributed by atoms with Crippen molar-refractivity contribution in [1.82, 2.24) is 20.1 Å². The number of piperidine rings is 1. The molecule has 1 saturated heterocycles. The molecule has 1 fully saturated rings. The van der Waals surface area contributed by atoms with E-state index >= 15 is 0 Å². The van der Waals surface area contributed by atoms with Gasteiger partial charge < -0.3 is 5.32 Å². The Bertz CT molecular complexity index is 408. The molecule has 0 aromatic carbocycles. The molecule has 1 aromatic heterocycles. The lowest BCUT2D eigenvalue weighted by Crippen LogP contribution is -2.41. The smallest absolute Gasteiger partial charge is 0.317 e. The Kier molecular flexibility index (Phi) is 2.52. The summed E-state index contributed by atoms with van der Waals surface area (Å²) < 4.78 is 1.24. The van der Waals surface area contributed by atoms with E-state index < -0.39 is 0 Å². The van der Waals surface area contributed by atoms with E-state index in [0.29, 0.717) is 6.54 Å². The fraction of sp³-hybridized carbons (Fsp3) is 0.778. The van der Waals surface area contributed by atoms with E-state index in [1.165, 1.54) is 4.57 Å². The average Bonchev–Trinajstić information content (AvgIpc) is 2.50. The van der Waals surface area contributed by atoms with E-state index in [1.54, 1.807) is 0 Å². The van der Waals surface area contributed by atoms with Crippen molar-refractivity contribution in [3.05, 3.63) is 21.0 Å². The molecule has 0 saturated carbocycles. The Hall–Kier alpha value is -1.30. The summed E-state index contributed by atoms with van der Waals surface area (Å²) in [6.07, 6.45) is 1.98. The van der Waals surface area contributed by atoms with Crippen LogP contribution in [-0.4, -0.2) is 27.9 Å². The number of hydrogen-bond acceptors (Lipinski definition) is 3. The first-order valence-corrected chi connectivity index (χ1v) is 5.19. The largest absolute Gasteiger partial charge is 0.344 e. The van der Waals surface area contributed by atoms with Gasteiger partial charge in [0, 0.05) is 6.54 Å². The van der Waals surface area contributed by atoms with Crippen LogP contribution in [0.2, 0.25) is 0 Å². The van der Waals surface area contributed by atoms with E-state index in [-0.39, 0.29) is 16.8 Å². The molecule has 3 N–H and O–H groups in total. The van der Waals surface area contributed by atoms with Gasteiger partial charge in [0.25, 0.3) is 0 Å². The highest BCUT2D eigenvalue weighted by atomic mass is 16.2. The van der Waals surface area contributed by atoms with E-state index in [9.17, 15) is 9.59 Å². The van der Waals surface area contributed by atoms with Crippen molar-refractivity contribution in [2.75, 3.05) is 13.1 Å². The Morgan fingerprint density at radius 3 is 2.27 bits per heavy atom. The minimum atomic E-state index is -0.347. The van der Waals surface area contributed by atoms with Crippen molar-refractivity contribution in [2.24, 2.45) is 5.41 Å². The Morgan fingerprint density at radius 1 is 1.20 bits per heavy atom. The van der Waals surface area contributed by atoms with Gasteiger partial charge in [0.15, 0.2) is 0 Å². The lowest BCUT2D eigenvalue weighted by molar-refractivity contribution is 0.191. The first kappa shape index (κ1) is 10.2. The van der Waals surface area contributed by atoms with Crippen LogP contribution in [0.1, 0.15) is 19.8 Å². The summed E-state index contributed by atoms with van der Waals surface area (Å²) in [4.78, 5) is 22.6. The summed E-state index contributed by atoms with van der Waals surface area (Å²) in [5.41, 5.74) is -0.649. The van der Waals surface area contributed by atoms with Crippen LogP contribution in [-0.2, 0) is 6.54 Å². The van der Waals surface area contributed by atoms with Crippen LogP contribution in [0.25, 0.3) is 0 Å². The van der Waals surface area contributed by atoms with Gasteiger partial charge in [-0.1, -0.05) is 6.92 Å². The number of H-pyrrole nitrogens is 2. The summed E-state index contributed by atoms with van der Waals surface area (Å²) in [7, 11) is 0. The monoisotopic (exact) mass is 212 g/mol. The summed E-state index contributed by atoms with van der Waals surface area (Å²) in [6.45, 7) is 4.51. The van der Waals surface area contributed by atoms with Gasteiger partial charge in [-0.25, -0.2) is 24.4 Å². The zero-order valence-corrected chi connectivity index (χ0v) is 8.80. The van der Waals surface area contributed by atoms with Gasteiger partial charge in [0.2, 0.25) is 0 Å². The molecule has 0 atom stereocenters. The van der Waals surface area contributed by atoms with Crippen LogP contribution in [0.15, 0.2) is 9.59 Å². The molecule has 6 heteroatoms. The lowest BCUT2D eigenvalue weighted by Gasteiger charge is -2.33. The Labute approximate surface area is 86.7 Å². The van der Waals surface area contributed by atoms with Gasteiger partial charge in [-0.3, -0.25) is 0 Å². The van der Waals surface area contributed by atoms with Gasteiger partial charge in [-0.15, -0.1) is 0 Å². The van der Waals surface area contributed by atoms with Crippen molar-refractivity contribution in [2.45, 2.75) is 26.3 Å². The zero-order valence-electron chi connectivity index (χ0n) is 8.80. The predicted octanol–water partition coefficient (Wildman–Crippen LogP) is -0.746. The van der Waals surface area contributed by atoms with Gasteiger partial charge in [-0.05, 0) is 31.3 Å². The normalized spacial score (nSPS) is 20.3. The van der Waals surface area contributed by atoms with Crippen LogP contribution >= 0.6 is 0 Å². The minimum Gasteiger partial charge on any atom is -0.317 e. The minimum absolute atomic E-state index is 0.0459. The second-order valence-corrected chi connectivity index (χ2v) is 4.51. The number of nitrogens with one attached hydrogen (secondary N) is 3. The fourth-order valence-electron chi connectivity index (χ4n) is 2.05. The Balaban J connectivity index is 2.20. The van der Waals surface area contributed by atoms with Crippen LogP contribution in [0.5, 0.6) is 0 Å². The number of aromatic amines is 2. The maximum absolute atomic E-state index is 11.3. The Morgan fingerprint density at radius 2 is 1.73 bits per heavy atom.